The number of hydrogen-bond donors (Lipinski definition) is 4. The summed E-state index contributed by atoms with van der Waals surface area (Å²) in [6.07, 6.45) is 14.8. The lowest BCUT2D eigenvalue weighted by Gasteiger charge is -2.35. The minimum Gasteiger partial charge on any atom is -0.496 e. The summed E-state index contributed by atoms with van der Waals surface area (Å²) < 4.78 is 20.7. The molecular formula is C36H43FN8O3. The van der Waals surface area contributed by atoms with E-state index in [1.807, 2.05) is 24.3 Å². The number of anilines is 1. The number of methoxy groups -OCH3 is 1. The SMILES string of the molecule is COc1ccc(F)cc1C(=O)NCc1ccc(-c2nn(C3CCN(C4=CN(CC5CCNCC5)C=CC=C4)CC3)c(N)c2C(N)=O)cc1. The highest BCUT2D eigenvalue weighted by Gasteiger charge is 2.29. The molecule has 48 heavy (non-hydrogen) atoms. The van der Waals surface area contributed by atoms with Gasteiger partial charge in [0.05, 0.1) is 24.4 Å². The average Bonchev–Trinajstić information content (AvgIpc) is 3.28. The Morgan fingerprint density at radius 3 is 2.52 bits per heavy atom. The fourth-order valence-electron chi connectivity index (χ4n) is 6.69. The Balaban J connectivity index is 1.11. The van der Waals surface area contributed by atoms with E-state index >= 15 is 0 Å². The van der Waals surface area contributed by atoms with Gasteiger partial charge in [-0.25, -0.2) is 9.07 Å². The molecular weight excluding hydrogens is 611 g/mol. The number of rotatable bonds is 10. The second kappa shape index (κ2) is 14.8. The van der Waals surface area contributed by atoms with Crippen LogP contribution in [0.25, 0.3) is 11.3 Å². The number of benzene rings is 2. The number of likely N-dealkylation sites (tertiary alicyclic amines) is 1. The molecule has 3 aliphatic heterocycles. The fourth-order valence-corrected chi connectivity index (χ4v) is 6.69. The molecule has 2 amide bonds. The van der Waals surface area contributed by atoms with Crippen LogP contribution in [0.1, 0.15) is 58.0 Å². The van der Waals surface area contributed by atoms with Gasteiger partial charge in [-0.15, -0.1) is 0 Å². The molecule has 0 radical (unpaired) electrons. The number of nitrogens with two attached hydrogens (primary N) is 2. The van der Waals surface area contributed by atoms with E-state index in [0.29, 0.717) is 17.2 Å². The zero-order chi connectivity index (χ0) is 33.6. The van der Waals surface area contributed by atoms with E-state index in [4.69, 9.17) is 21.3 Å². The van der Waals surface area contributed by atoms with Gasteiger partial charge in [-0.3, -0.25) is 9.59 Å². The van der Waals surface area contributed by atoms with E-state index in [9.17, 15) is 14.0 Å². The largest absolute Gasteiger partial charge is 0.496 e. The maximum Gasteiger partial charge on any atom is 0.255 e. The van der Waals surface area contributed by atoms with E-state index in [-0.39, 0.29) is 35.3 Å². The number of ether oxygens (including phenoxy) is 1. The van der Waals surface area contributed by atoms with Crippen molar-refractivity contribution in [3.63, 3.8) is 0 Å². The molecule has 3 aromatic rings. The summed E-state index contributed by atoms with van der Waals surface area (Å²) in [5, 5.41) is 11.1. The number of nitrogen functional groups attached to an aromatic ring is 1. The monoisotopic (exact) mass is 654 g/mol. The normalized spacial score (nSPS) is 17.2. The van der Waals surface area contributed by atoms with Gasteiger partial charge in [-0.05, 0) is 80.6 Å². The predicted octanol–water partition coefficient (Wildman–Crippen LogP) is 4.17. The van der Waals surface area contributed by atoms with Gasteiger partial charge in [0.2, 0.25) is 0 Å². The van der Waals surface area contributed by atoms with Crippen LogP contribution in [0.4, 0.5) is 10.2 Å². The highest BCUT2D eigenvalue weighted by atomic mass is 19.1. The highest BCUT2D eigenvalue weighted by molar-refractivity contribution is 6.03. The Labute approximate surface area is 280 Å². The van der Waals surface area contributed by atoms with Crippen LogP contribution in [0, 0.1) is 11.7 Å². The van der Waals surface area contributed by atoms with Crippen molar-refractivity contribution in [3.05, 3.63) is 101 Å². The van der Waals surface area contributed by atoms with E-state index in [1.54, 1.807) is 4.68 Å². The topological polar surface area (TPSA) is 144 Å². The van der Waals surface area contributed by atoms with Gasteiger partial charge in [-0.1, -0.05) is 30.3 Å². The molecule has 3 aliphatic rings. The molecule has 6 N–H and O–H groups in total. The Morgan fingerprint density at radius 1 is 1.06 bits per heavy atom. The van der Waals surface area contributed by atoms with Crippen LogP contribution in [0.3, 0.4) is 0 Å². The zero-order valence-corrected chi connectivity index (χ0v) is 27.2. The summed E-state index contributed by atoms with van der Waals surface area (Å²) in [5.41, 5.74) is 15.8. The third-order valence-corrected chi connectivity index (χ3v) is 9.34. The van der Waals surface area contributed by atoms with Crippen molar-refractivity contribution in [1.82, 2.24) is 30.2 Å². The van der Waals surface area contributed by atoms with Gasteiger partial charge in [0.25, 0.3) is 11.8 Å². The fraction of sp³-hybridized carbons (Fsp3) is 0.361. The quantitative estimate of drug-likeness (QED) is 0.255. The molecule has 0 aliphatic carbocycles. The molecule has 2 fully saturated rings. The van der Waals surface area contributed by atoms with Crippen molar-refractivity contribution in [2.24, 2.45) is 11.7 Å². The molecule has 2 saturated heterocycles. The molecule has 12 heteroatoms. The summed E-state index contributed by atoms with van der Waals surface area (Å²) in [6.45, 7) is 5.03. The number of amides is 2. The first-order valence-electron chi connectivity index (χ1n) is 16.5. The number of piperidine rings is 2. The van der Waals surface area contributed by atoms with Crippen LogP contribution in [0.2, 0.25) is 0 Å². The highest BCUT2D eigenvalue weighted by Crippen LogP contribution is 2.34. The zero-order valence-electron chi connectivity index (χ0n) is 27.2. The second-order valence-electron chi connectivity index (χ2n) is 12.5. The third-order valence-electron chi connectivity index (χ3n) is 9.34. The van der Waals surface area contributed by atoms with Crippen LogP contribution >= 0.6 is 0 Å². The van der Waals surface area contributed by atoms with Crippen molar-refractivity contribution in [2.75, 3.05) is 45.6 Å². The third kappa shape index (κ3) is 7.38. The summed E-state index contributed by atoms with van der Waals surface area (Å²) >= 11 is 0. The first-order valence-corrected chi connectivity index (χ1v) is 16.5. The van der Waals surface area contributed by atoms with Crippen molar-refractivity contribution < 1.29 is 18.7 Å². The lowest BCUT2D eigenvalue weighted by molar-refractivity contribution is 0.0946. The van der Waals surface area contributed by atoms with Crippen LogP contribution in [-0.2, 0) is 6.54 Å². The lowest BCUT2D eigenvalue weighted by Crippen LogP contribution is -2.36. The molecule has 2 aromatic carbocycles. The number of nitrogens with one attached hydrogen (secondary N) is 2. The molecule has 0 unspecified atom stereocenters. The van der Waals surface area contributed by atoms with Gasteiger partial charge in [-0.2, -0.15) is 5.10 Å². The Hall–Kier alpha value is -5.10. The number of aromatic nitrogens is 2. The van der Waals surface area contributed by atoms with Crippen molar-refractivity contribution >= 4 is 17.6 Å². The first-order chi connectivity index (χ1) is 23.3. The van der Waals surface area contributed by atoms with E-state index in [1.165, 1.54) is 37.8 Å². The lowest BCUT2D eigenvalue weighted by atomic mass is 9.98. The molecule has 6 rings (SSSR count). The van der Waals surface area contributed by atoms with E-state index < -0.39 is 17.6 Å². The van der Waals surface area contributed by atoms with Crippen molar-refractivity contribution in [3.8, 4) is 17.0 Å². The Kier molecular flexibility index (Phi) is 10.1. The Bertz CT molecular complexity index is 1720. The van der Waals surface area contributed by atoms with Gasteiger partial charge in [0, 0.05) is 44.1 Å². The summed E-state index contributed by atoms with van der Waals surface area (Å²) in [4.78, 5) is 30.0. The molecule has 0 spiro atoms. The molecule has 0 saturated carbocycles. The van der Waals surface area contributed by atoms with Gasteiger partial charge in [0.15, 0.2) is 0 Å². The van der Waals surface area contributed by atoms with Crippen LogP contribution < -0.4 is 26.8 Å². The molecule has 0 bridgehead atoms. The predicted molar refractivity (Wildman–Crippen MR) is 183 cm³/mol. The van der Waals surface area contributed by atoms with Crippen LogP contribution in [0.5, 0.6) is 5.75 Å². The maximum atomic E-state index is 13.7. The van der Waals surface area contributed by atoms with Gasteiger partial charge >= 0.3 is 0 Å². The number of halogens is 1. The van der Waals surface area contributed by atoms with E-state index in [0.717, 1.165) is 57.2 Å². The Morgan fingerprint density at radius 2 is 1.81 bits per heavy atom. The van der Waals surface area contributed by atoms with Gasteiger partial charge in [0.1, 0.15) is 28.6 Å². The summed E-state index contributed by atoms with van der Waals surface area (Å²) in [7, 11) is 1.43. The van der Waals surface area contributed by atoms with E-state index in [2.05, 4.69) is 51.1 Å². The molecule has 11 nitrogen and oxygen atoms in total. The smallest absolute Gasteiger partial charge is 0.255 e. The van der Waals surface area contributed by atoms with Crippen LogP contribution in [-0.4, -0.2) is 71.2 Å². The summed E-state index contributed by atoms with van der Waals surface area (Å²) in [6, 6.07) is 11.1. The van der Waals surface area contributed by atoms with Crippen molar-refractivity contribution in [2.45, 2.75) is 38.3 Å². The maximum absolute atomic E-state index is 13.7. The number of carbonyl (C=O) groups is 2. The number of hydrogen-bond acceptors (Lipinski definition) is 8. The standard InChI is InChI=1S/C36H43FN8O3/c1-48-31-10-9-27(37)20-30(31)36(47)41-21-24-5-7-26(8-6-24)33-32(35(39)46)34(38)45(42-33)28-13-18-44(19-14-28)29-4-2-3-17-43(23-29)22-25-11-15-40-16-12-25/h2-10,17,20,23,25,28,40H,11-16,18-19,21-22,38H2,1H3,(H2,39,46)(H,41,47). The van der Waals surface area contributed by atoms with Crippen molar-refractivity contribution in [1.29, 1.82) is 0 Å². The minimum atomic E-state index is -0.637. The average molecular weight is 655 g/mol. The molecule has 252 valence electrons. The number of primary amides is 1. The number of allylic oxidation sites excluding steroid dienone is 3. The molecule has 0 atom stereocenters. The first kappa shape index (κ1) is 32.8. The second-order valence-corrected chi connectivity index (χ2v) is 12.5. The minimum absolute atomic E-state index is 0.0155. The molecule has 1 aromatic heterocycles. The van der Waals surface area contributed by atoms with Crippen LogP contribution in [0.15, 0.2) is 78.8 Å². The van der Waals surface area contributed by atoms with Gasteiger partial charge < -0.3 is 36.6 Å². The molecule has 4 heterocycles. The number of nitrogens with zero attached hydrogens (tertiary/aromatic N) is 4. The number of carbonyl (C=O) groups excluding carboxylic acids is 2. The summed E-state index contributed by atoms with van der Waals surface area (Å²) in [5.74, 6) is -0.388.